The number of amides is 1. The number of halogens is 3. The number of nitrogens with zero attached hydrogens (tertiary/aromatic N) is 3. The van der Waals surface area contributed by atoms with Gasteiger partial charge in [0.2, 0.25) is 5.91 Å². The molecule has 0 spiro atoms. The molecule has 0 fully saturated rings. The molecule has 2 aromatic carbocycles. The van der Waals surface area contributed by atoms with Crippen molar-refractivity contribution in [3.8, 4) is 11.5 Å². The number of benzene rings is 2. The first-order chi connectivity index (χ1) is 13.7. The smallest absolute Gasteiger partial charge is 0.275 e. The van der Waals surface area contributed by atoms with Crippen LogP contribution in [-0.4, -0.2) is 20.6 Å². The van der Waals surface area contributed by atoms with Crippen LogP contribution < -0.4 is 10.1 Å². The van der Waals surface area contributed by atoms with Crippen LogP contribution in [0.3, 0.4) is 0 Å². The Morgan fingerprint density at radius 1 is 1.21 bits per heavy atom. The van der Waals surface area contributed by atoms with Crippen LogP contribution in [0.4, 0.5) is 11.4 Å². The van der Waals surface area contributed by atoms with Crippen LogP contribution in [0, 0.1) is 17.0 Å². The van der Waals surface area contributed by atoms with Gasteiger partial charge in [0.05, 0.1) is 32.4 Å². The van der Waals surface area contributed by atoms with Gasteiger partial charge in [0.25, 0.3) is 5.69 Å². The predicted octanol–water partition coefficient (Wildman–Crippen LogP) is 5.49. The van der Waals surface area contributed by atoms with Gasteiger partial charge < -0.3 is 10.1 Å². The van der Waals surface area contributed by atoms with E-state index in [1.807, 2.05) is 0 Å². The monoisotopic (exact) mass is 454 g/mol. The van der Waals surface area contributed by atoms with E-state index in [1.54, 1.807) is 13.0 Å². The van der Waals surface area contributed by atoms with E-state index in [0.717, 1.165) is 0 Å². The Balaban J connectivity index is 1.82. The molecule has 0 saturated heterocycles. The standard InChI is InChI=1S/C18H13Cl3N4O4/c1-10-16(21)8-24(23-10)9-18(26)22-12-5-13(25(27)28)7-14(6-12)29-17-3-2-11(19)4-15(17)20/h2-8H,9H2,1H3,(H,22,26). The molecule has 0 radical (unpaired) electrons. The second-order valence-corrected chi connectivity index (χ2v) is 7.21. The summed E-state index contributed by atoms with van der Waals surface area (Å²) in [5.41, 5.74) is 0.505. The van der Waals surface area contributed by atoms with E-state index in [0.29, 0.717) is 15.7 Å². The molecule has 0 aliphatic heterocycles. The van der Waals surface area contributed by atoms with Gasteiger partial charge in [-0.15, -0.1) is 0 Å². The minimum atomic E-state index is -0.595. The van der Waals surface area contributed by atoms with E-state index >= 15 is 0 Å². The second kappa shape index (κ2) is 8.69. The molecule has 3 aromatic rings. The summed E-state index contributed by atoms with van der Waals surface area (Å²) in [6, 6.07) is 8.46. The number of hydrogen-bond acceptors (Lipinski definition) is 5. The third-order valence-electron chi connectivity index (χ3n) is 3.70. The van der Waals surface area contributed by atoms with Crippen LogP contribution in [0.2, 0.25) is 15.1 Å². The van der Waals surface area contributed by atoms with Gasteiger partial charge in [-0.1, -0.05) is 34.8 Å². The highest BCUT2D eigenvalue weighted by molar-refractivity contribution is 6.35. The van der Waals surface area contributed by atoms with Crippen LogP contribution in [0.25, 0.3) is 0 Å². The van der Waals surface area contributed by atoms with Crippen LogP contribution in [0.15, 0.2) is 42.6 Å². The van der Waals surface area contributed by atoms with Crippen LogP contribution in [0.5, 0.6) is 11.5 Å². The highest BCUT2D eigenvalue weighted by atomic mass is 35.5. The molecule has 0 saturated carbocycles. The Bertz CT molecular complexity index is 1080. The summed E-state index contributed by atoms with van der Waals surface area (Å²) in [7, 11) is 0. The number of aryl methyl sites for hydroxylation is 1. The number of carbonyl (C=O) groups is 1. The van der Waals surface area contributed by atoms with E-state index in [1.165, 1.54) is 41.2 Å². The molecule has 1 N–H and O–H groups in total. The zero-order chi connectivity index (χ0) is 21.1. The molecule has 0 bridgehead atoms. The molecule has 3 rings (SSSR count). The molecule has 1 aromatic heterocycles. The summed E-state index contributed by atoms with van der Waals surface area (Å²) in [5.74, 6) is -0.0626. The molecule has 1 amide bonds. The van der Waals surface area contributed by atoms with Crippen molar-refractivity contribution < 1.29 is 14.5 Å². The lowest BCUT2D eigenvalue weighted by Gasteiger charge is -2.11. The van der Waals surface area contributed by atoms with Crippen molar-refractivity contribution in [3.05, 3.63) is 73.5 Å². The maximum absolute atomic E-state index is 12.3. The molecule has 150 valence electrons. The summed E-state index contributed by atoms with van der Waals surface area (Å²) >= 11 is 17.9. The number of nitro groups is 1. The Morgan fingerprint density at radius 2 is 1.97 bits per heavy atom. The number of carbonyl (C=O) groups excluding carboxylic acids is 1. The Morgan fingerprint density at radius 3 is 2.59 bits per heavy atom. The van der Waals surface area contributed by atoms with Crippen molar-refractivity contribution in [2.45, 2.75) is 13.5 Å². The Labute approximate surface area is 180 Å². The van der Waals surface area contributed by atoms with Gasteiger partial charge in [-0.25, -0.2) is 0 Å². The van der Waals surface area contributed by atoms with E-state index in [4.69, 9.17) is 39.5 Å². The van der Waals surface area contributed by atoms with E-state index < -0.39 is 10.8 Å². The number of non-ortho nitro benzene ring substituents is 1. The predicted molar refractivity (Wildman–Crippen MR) is 110 cm³/mol. The molecule has 0 atom stereocenters. The maximum atomic E-state index is 12.3. The highest BCUT2D eigenvalue weighted by Crippen LogP contribution is 2.34. The summed E-state index contributed by atoms with van der Waals surface area (Å²) in [6.45, 7) is 1.60. The largest absolute Gasteiger partial charge is 0.455 e. The van der Waals surface area contributed by atoms with Crippen LogP contribution >= 0.6 is 34.8 Å². The summed E-state index contributed by atoms with van der Waals surface area (Å²) in [5, 5.41) is 19.0. The molecule has 29 heavy (non-hydrogen) atoms. The number of rotatable bonds is 6. The van der Waals surface area contributed by atoms with Gasteiger partial charge in [0, 0.05) is 23.4 Å². The molecule has 0 aliphatic carbocycles. The van der Waals surface area contributed by atoms with Crippen molar-refractivity contribution in [1.82, 2.24) is 9.78 Å². The number of ether oxygens (including phenoxy) is 1. The normalized spacial score (nSPS) is 10.6. The SMILES string of the molecule is Cc1nn(CC(=O)Nc2cc(Oc3ccc(Cl)cc3Cl)cc([N+](=O)[O-])c2)cc1Cl. The average Bonchev–Trinajstić information content (AvgIpc) is 2.94. The second-order valence-electron chi connectivity index (χ2n) is 5.96. The van der Waals surface area contributed by atoms with Crippen LogP contribution in [0.1, 0.15) is 5.69 Å². The van der Waals surface area contributed by atoms with Crippen molar-refractivity contribution in [2.75, 3.05) is 5.32 Å². The lowest BCUT2D eigenvalue weighted by molar-refractivity contribution is -0.384. The molecule has 8 nitrogen and oxygen atoms in total. The number of nitrogens with one attached hydrogen (secondary N) is 1. The quantitative estimate of drug-likeness (QED) is 0.391. The minimum Gasteiger partial charge on any atom is -0.455 e. The van der Waals surface area contributed by atoms with Crippen LogP contribution in [-0.2, 0) is 11.3 Å². The molecule has 11 heteroatoms. The molecule has 0 unspecified atom stereocenters. The van der Waals surface area contributed by atoms with Gasteiger partial charge in [-0.2, -0.15) is 5.10 Å². The lowest BCUT2D eigenvalue weighted by Crippen LogP contribution is -2.19. The lowest BCUT2D eigenvalue weighted by atomic mass is 10.2. The fraction of sp³-hybridized carbons (Fsp3) is 0.111. The molecule has 0 aliphatic rings. The van der Waals surface area contributed by atoms with E-state index in [9.17, 15) is 14.9 Å². The fourth-order valence-electron chi connectivity index (χ4n) is 2.43. The van der Waals surface area contributed by atoms with Crippen molar-refractivity contribution in [1.29, 1.82) is 0 Å². The maximum Gasteiger partial charge on any atom is 0.275 e. The molecular formula is C18H13Cl3N4O4. The molecule has 1 heterocycles. The van der Waals surface area contributed by atoms with Gasteiger partial charge >= 0.3 is 0 Å². The van der Waals surface area contributed by atoms with E-state index in [-0.39, 0.29) is 34.4 Å². The van der Waals surface area contributed by atoms with Crippen molar-refractivity contribution in [3.63, 3.8) is 0 Å². The van der Waals surface area contributed by atoms with E-state index in [2.05, 4.69) is 10.4 Å². The average molecular weight is 456 g/mol. The molecular weight excluding hydrogens is 443 g/mol. The Hall–Kier alpha value is -2.81. The minimum absolute atomic E-state index is 0.116. The number of hydrogen-bond donors (Lipinski definition) is 1. The summed E-state index contributed by atoms with van der Waals surface area (Å²) in [6.07, 6.45) is 1.51. The van der Waals surface area contributed by atoms with Crippen molar-refractivity contribution >= 4 is 52.1 Å². The highest BCUT2D eigenvalue weighted by Gasteiger charge is 2.15. The number of nitro benzene ring substituents is 1. The zero-order valence-electron chi connectivity index (χ0n) is 14.9. The Kier molecular flexibility index (Phi) is 6.26. The van der Waals surface area contributed by atoms with Gasteiger partial charge in [0.1, 0.15) is 18.0 Å². The van der Waals surface area contributed by atoms with Gasteiger partial charge in [-0.05, 0) is 25.1 Å². The van der Waals surface area contributed by atoms with Gasteiger partial charge in [-0.3, -0.25) is 19.6 Å². The van der Waals surface area contributed by atoms with Gasteiger partial charge in [0.15, 0.2) is 0 Å². The third-order valence-corrected chi connectivity index (χ3v) is 4.60. The fourth-order valence-corrected chi connectivity index (χ4v) is 3.02. The zero-order valence-corrected chi connectivity index (χ0v) is 17.1. The number of aromatic nitrogens is 2. The third kappa shape index (κ3) is 5.38. The van der Waals surface area contributed by atoms with Crippen molar-refractivity contribution in [2.24, 2.45) is 0 Å². The first-order valence-corrected chi connectivity index (χ1v) is 9.26. The summed E-state index contributed by atoms with van der Waals surface area (Å²) < 4.78 is 7.00. The summed E-state index contributed by atoms with van der Waals surface area (Å²) in [4.78, 5) is 22.9. The first-order valence-electron chi connectivity index (χ1n) is 8.13. The number of anilines is 1. The first kappa shape index (κ1) is 20.9. The topological polar surface area (TPSA) is 99.3 Å².